The maximum Gasteiger partial charge on any atom is 0.338 e. The second-order valence-electron chi connectivity index (χ2n) is 11.6. The van der Waals surface area contributed by atoms with E-state index in [0.29, 0.717) is 30.7 Å². The van der Waals surface area contributed by atoms with Gasteiger partial charge in [-0.2, -0.15) is 0 Å². The smallest absolute Gasteiger partial charge is 0.338 e. The predicted molar refractivity (Wildman–Crippen MR) is 171 cm³/mol. The second-order valence-corrected chi connectivity index (χ2v) is 11.6. The van der Waals surface area contributed by atoms with Gasteiger partial charge in [-0.3, -0.25) is 9.69 Å². The first-order valence-electron chi connectivity index (χ1n) is 15.6. The minimum absolute atomic E-state index is 0.219. The van der Waals surface area contributed by atoms with Crippen molar-refractivity contribution in [3.8, 4) is 5.75 Å². The minimum atomic E-state index is -0.801. The van der Waals surface area contributed by atoms with Gasteiger partial charge in [-0.25, -0.2) is 14.5 Å². The molecule has 3 aromatic carbocycles. The number of imide groups is 1. The molecule has 1 fully saturated rings. The SMILES string of the molecule is CCC[C@H](NC(=O)N1C(=O)C(CC)(CC)[C@@H]1Oc1ccc(C(=O)OCCN(C)Cc2ccccc2)cc1)c1ccc(C)cc1. The molecule has 44 heavy (non-hydrogen) atoms. The van der Waals surface area contributed by atoms with E-state index in [1.807, 2.05) is 70.3 Å². The lowest BCUT2D eigenvalue weighted by Gasteiger charge is -2.53. The lowest BCUT2D eigenvalue weighted by atomic mass is 9.72. The highest BCUT2D eigenvalue weighted by atomic mass is 16.5. The fourth-order valence-electron chi connectivity index (χ4n) is 5.68. The van der Waals surface area contributed by atoms with Gasteiger partial charge < -0.3 is 14.8 Å². The number of carbonyl (C=O) groups is 3. The van der Waals surface area contributed by atoms with Gasteiger partial charge in [0.15, 0.2) is 6.23 Å². The zero-order valence-corrected chi connectivity index (χ0v) is 26.5. The summed E-state index contributed by atoms with van der Waals surface area (Å²) < 4.78 is 11.8. The maximum absolute atomic E-state index is 13.5. The fourth-order valence-corrected chi connectivity index (χ4v) is 5.68. The van der Waals surface area contributed by atoms with Crippen LogP contribution in [0.1, 0.15) is 79.5 Å². The fraction of sp³-hybridized carbons (Fsp3) is 0.417. The van der Waals surface area contributed by atoms with Crippen molar-refractivity contribution in [2.45, 2.75) is 72.2 Å². The van der Waals surface area contributed by atoms with Gasteiger partial charge in [-0.1, -0.05) is 87.4 Å². The number of amides is 3. The number of hydrogen-bond acceptors (Lipinski definition) is 6. The number of β-lactam (4-membered cyclic amide) rings is 1. The molecule has 1 aliphatic heterocycles. The first-order valence-corrected chi connectivity index (χ1v) is 15.6. The highest BCUT2D eigenvalue weighted by molar-refractivity contribution is 6.03. The topological polar surface area (TPSA) is 88.2 Å². The molecule has 3 aromatic rings. The Bertz CT molecular complexity index is 1390. The minimum Gasteiger partial charge on any atom is -0.469 e. The van der Waals surface area contributed by atoms with Crippen molar-refractivity contribution in [1.82, 2.24) is 15.1 Å². The quantitative estimate of drug-likeness (QED) is 0.160. The number of carbonyl (C=O) groups excluding carboxylic acids is 3. The summed E-state index contributed by atoms with van der Waals surface area (Å²) in [7, 11) is 1.99. The molecule has 0 spiro atoms. The van der Waals surface area contributed by atoms with Crippen LogP contribution in [0.3, 0.4) is 0 Å². The molecule has 3 amide bonds. The van der Waals surface area contributed by atoms with E-state index in [9.17, 15) is 14.4 Å². The number of aryl methyl sites for hydroxylation is 1. The first-order chi connectivity index (χ1) is 21.2. The van der Waals surface area contributed by atoms with Crippen LogP contribution in [0.4, 0.5) is 4.79 Å². The van der Waals surface area contributed by atoms with Gasteiger partial charge in [0.1, 0.15) is 17.8 Å². The van der Waals surface area contributed by atoms with Crippen molar-refractivity contribution in [2.75, 3.05) is 20.2 Å². The summed E-state index contributed by atoms with van der Waals surface area (Å²) in [5, 5.41) is 3.07. The Morgan fingerprint density at radius 1 is 0.955 bits per heavy atom. The number of hydrogen-bond donors (Lipinski definition) is 1. The molecule has 1 aliphatic rings. The molecule has 1 saturated heterocycles. The Hall–Kier alpha value is -4.17. The number of urea groups is 1. The Balaban J connectivity index is 1.38. The zero-order chi connectivity index (χ0) is 31.7. The lowest BCUT2D eigenvalue weighted by Crippen LogP contribution is -2.73. The number of esters is 1. The van der Waals surface area contributed by atoms with Crippen LogP contribution in [-0.2, 0) is 16.1 Å². The van der Waals surface area contributed by atoms with E-state index in [1.165, 1.54) is 10.5 Å². The molecule has 8 heteroatoms. The molecule has 8 nitrogen and oxygen atoms in total. The van der Waals surface area contributed by atoms with Crippen LogP contribution in [0.2, 0.25) is 0 Å². The van der Waals surface area contributed by atoms with Gasteiger partial charge in [-0.15, -0.1) is 0 Å². The van der Waals surface area contributed by atoms with Crippen molar-refractivity contribution in [2.24, 2.45) is 5.41 Å². The third kappa shape index (κ3) is 7.48. The number of ether oxygens (including phenoxy) is 2. The average molecular weight is 600 g/mol. The summed E-state index contributed by atoms with van der Waals surface area (Å²) in [4.78, 5) is 42.9. The Morgan fingerprint density at radius 3 is 2.23 bits per heavy atom. The molecule has 4 rings (SSSR count). The van der Waals surface area contributed by atoms with Crippen molar-refractivity contribution < 1.29 is 23.9 Å². The van der Waals surface area contributed by atoms with Crippen LogP contribution in [0.25, 0.3) is 0 Å². The molecule has 0 aliphatic carbocycles. The number of likely N-dealkylation sites (N-methyl/N-ethyl adjacent to an activating group) is 1. The summed E-state index contributed by atoms with van der Waals surface area (Å²) in [5.41, 5.74) is 2.94. The van der Waals surface area contributed by atoms with Crippen LogP contribution < -0.4 is 10.1 Å². The van der Waals surface area contributed by atoms with Crippen molar-refractivity contribution in [1.29, 1.82) is 0 Å². The number of benzene rings is 3. The summed E-state index contributed by atoms with van der Waals surface area (Å²) in [6.07, 6.45) is 1.94. The third-order valence-corrected chi connectivity index (χ3v) is 8.53. The summed E-state index contributed by atoms with van der Waals surface area (Å²) in [6.45, 7) is 9.61. The van der Waals surface area contributed by atoms with Gasteiger partial charge in [0.25, 0.3) is 0 Å². The molecule has 234 valence electrons. The Kier molecular flexibility index (Phi) is 11.2. The summed E-state index contributed by atoms with van der Waals surface area (Å²) >= 11 is 0. The lowest BCUT2D eigenvalue weighted by molar-refractivity contribution is -0.191. The van der Waals surface area contributed by atoms with Crippen LogP contribution in [0.5, 0.6) is 5.75 Å². The van der Waals surface area contributed by atoms with Gasteiger partial charge in [0, 0.05) is 13.1 Å². The van der Waals surface area contributed by atoms with Crippen LogP contribution >= 0.6 is 0 Å². The molecule has 0 saturated carbocycles. The average Bonchev–Trinajstić information content (AvgIpc) is 3.02. The Morgan fingerprint density at radius 2 is 1.61 bits per heavy atom. The monoisotopic (exact) mass is 599 g/mol. The van der Waals surface area contributed by atoms with Crippen LogP contribution in [0, 0.1) is 12.3 Å². The first kappa shape index (κ1) is 32.7. The van der Waals surface area contributed by atoms with Crippen LogP contribution in [0.15, 0.2) is 78.9 Å². The van der Waals surface area contributed by atoms with E-state index in [2.05, 4.69) is 29.3 Å². The van der Waals surface area contributed by atoms with E-state index in [0.717, 1.165) is 30.5 Å². The molecular formula is C36H45N3O5. The van der Waals surface area contributed by atoms with Gasteiger partial charge in [0.2, 0.25) is 5.91 Å². The normalized spacial score (nSPS) is 16.3. The van der Waals surface area contributed by atoms with Gasteiger partial charge in [0.05, 0.1) is 11.6 Å². The van der Waals surface area contributed by atoms with E-state index in [4.69, 9.17) is 9.47 Å². The number of nitrogens with zero attached hydrogens (tertiary/aromatic N) is 2. The highest BCUT2D eigenvalue weighted by Gasteiger charge is 2.63. The van der Waals surface area contributed by atoms with Gasteiger partial charge in [-0.05, 0) is 68.6 Å². The second kappa shape index (κ2) is 15.0. The zero-order valence-electron chi connectivity index (χ0n) is 26.5. The molecule has 1 heterocycles. The summed E-state index contributed by atoms with van der Waals surface area (Å²) in [6, 6.07) is 24.2. The number of likely N-dealkylation sites (tertiary alicyclic amines) is 1. The highest BCUT2D eigenvalue weighted by Crippen LogP contribution is 2.46. The van der Waals surface area contributed by atoms with E-state index in [1.54, 1.807) is 24.3 Å². The molecule has 0 bridgehead atoms. The molecule has 2 atom stereocenters. The predicted octanol–water partition coefficient (Wildman–Crippen LogP) is 6.89. The van der Waals surface area contributed by atoms with Crippen LogP contribution in [-0.4, -0.2) is 54.1 Å². The van der Waals surface area contributed by atoms with Crippen molar-refractivity contribution >= 4 is 17.9 Å². The number of rotatable bonds is 14. The van der Waals surface area contributed by atoms with E-state index in [-0.39, 0.29) is 18.6 Å². The maximum atomic E-state index is 13.5. The van der Waals surface area contributed by atoms with Crippen molar-refractivity contribution in [3.05, 3.63) is 101 Å². The van der Waals surface area contributed by atoms with Gasteiger partial charge >= 0.3 is 12.0 Å². The molecule has 1 N–H and O–H groups in total. The third-order valence-electron chi connectivity index (χ3n) is 8.53. The Labute approximate surface area is 261 Å². The standard InChI is InChI=1S/C36H45N3O5/c1-6-12-31(28-17-15-26(4)16-18-28)37-35(42)39-33(41)36(7-2,8-3)34(39)44-30-21-19-29(20-22-30)32(40)43-24-23-38(5)25-27-13-10-9-11-14-27/h9-11,13-22,31,34H,6-8,12,23-25H2,1-5H3,(H,37,42)/t31-,34-/m0/s1. The van der Waals surface area contributed by atoms with Crippen molar-refractivity contribution in [3.63, 3.8) is 0 Å². The molecular weight excluding hydrogens is 554 g/mol. The van der Waals surface area contributed by atoms with E-state index < -0.39 is 23.6 Å². The number of nitrogens with one attached hydrogen (secondary N) is 1. The summed E-state index contributed by atoms with van der Waals surface area (Å²) in [5.74, 6) is -0.185. The molecule has 0 radical (unpaired) electrons. The molecule has 0 aromatic heterocycles. The largest absolute Gasteiger partial charge is 0.469 e. The van der Waals surface area contributed by atoms with E-state index >= 15 is 0 Å². The molecule has 0 unspecified atom stereocenters.